The van der Waals surface area contributed by atoms with E-state index in [1.165, 1.54) is 0 Å². The Morgan fingerprint density at radius 2 is 2.04 bits per heavy atom. The largest absolute Gasteiger partial charge is 0.396 e. The Kier molecular flexibility index (Phi) is 5.33. The van der Waals surface area contributed by atoms with Gasteiger partial charge in [-0.15, -0.1) is 0 Å². The van der Waals surface area contributed by atoms with Crippen LogP contribution in [-0.4, -0.2) is 33.2 Å². The van der Waals surface area contributed by atoms with Gasteiger partial charge in [-0.2, -0.15) is 0 Å². The van der Waals surface area contributed by atoms with Gasteiger partial charge in [0.1, 0.15) is 11.5 Å². The lowest BCUT2D eigenvalue weighted by atomic mass is 10.2. The number of rotatable bonds is 7. The lowest BCUT2D eigenvalue weighted by Gasteiger charge is -2.09. The molecule has 0 unspecified atom stereocenters. The van der Waals surface area contributed by atoms with E-state index in [0.29, 0.717) is 10.8 Å². The van der Waals surface area contributed by atoms with Crippen LogP contribution in [0.1, 0.15) is 25.0 Å². The van der Waals surface area contributed by atoms with Crippen LogP contribution in [0.4, 0.5) is 5.82 Å². The van der Waals surface area contributed by atoms with Crippen molar-refractivity contribution >= 4 is 28.5 Å². The van der Waals surface area contributed by atoms with E-state index in [9.17, 15) is 0 Å². The summed E-state index contributed by atoms with van der Waals surface area (Å²) >= 11 is 6.09. The van der Waals surface area contributed by atoms with E-state index in [1.54, 1.807) is 0 Å². The first-order chi connectivity index (χ1) is 11.7. The van der Waals surface area contributed by atoms with Crippen molar-refractivity contribution in [2.75, 3.05) is 18.5 Å². The summed E-state index contributed by atoms with van der Waals surface area (Å²) in [6.45, 7) is 3.06. The second-order valence-electron chi connectivity index (χ2n) is 5.83. The van der Waals surface area contributed by atoms with Gasteiger partial charge < -0.3 is 15.4 Å². The number of nitrogens with zero attached hydrogens (tertiary/aromatic N) is 2. The normalized spacial score (nSPS) is 11.1. The summed E-state index contributed by atoms with van der Waals surface area (Å²) in [6.07, 6.45) is 2.81. The third kappa shape index (κ3) is 3.86. The number of unbranched alkanes of at least 4 members (excludes halogenated alkanes) is 2. The van der Waals surface area contributed by atoms with Crippen LogP contribution in [0, 0.1) is 6.92 Å². The Labute approximate surface area is 146 Å². The van der Waals surface area contributed by atoms with E-state index < -0.39 is 0 Å². The maximum absolute atomic E-state index is 8.86. The third-order valence-corrected chi connectivity index (χ3v) is 4.07. The fourth-order valence-corrected chi connectivity index (χ4v) is 2.84. The van der Waals surface area contributed by atoms with Gasteiger partial charge in [0, 0.05) is 29.4 Å². The summed E-state index contributed by atoms with van der Waals surface area (Å²) in [5.74, 6) is 1.47. The lowest BCUT2D eigenvalue weighted by molar-refractivity contribution is 0.283. The molecule has 0 saturated carbocycles. The van der Waals surface area contributed by atoms with Crippen molar-refractivity contribution in [2.24, 2.45) is 0 Å². The SMILES string of the molecule is Cc1cc2c(NCCCCCO)nc(-c3cccc(Cl)c3)nc2[nH]1. The van der Waals surface area contributed by atoms with Crippen LogP contribution in [0.25, 0.3) is 22.4 Å². The molecule has 0 radical (unpaired) electrons. The topological polar surface area (TPSA) is 73.8 Å². The molecule has 3 N–H and O–H groups in total. The van der Waals surface area contributed by atoms with Gasteiger partial charge in [0.2, 0.25) is 0 Å². The Balaban J connectivity index is 1.91. The summed E-state index contributed by atoms with van der Waals surface area (Å²) in [4.78, 5) is 12.6. The fraction of sp³-hybridized carbons (Fsp3) is 0.333. The number of nitrogens with one attached hydrogen (secondary N) is 2. The molecule has 2 aromatic heterocycles. The first-order valence-corrected chi connectivity index (χ1v) is 8.53. The highest BCUT2D eigenvalue weighted by Crippen LogP contribution is 2.26. The van der Waals surface area contributed by atoms with Crippen molar-refractivity contribution in [1.29, 1.82) is 0 Å². The molecule has 0 aliphatic rings. The molecule has 5 nitrogen and oxygen atoms in total. The average molecular weight is 345 g/mol. The molecule has 0 atom stereocenters. The minimum atomic E-state index is 0.244. The molecule has 0 amide bonds. The molecule has 0 aliphatic heterocycles. The number of H-pyrrole nitrogens is 1. The first kappa shape index (κ1) is 16.7. The van der Waals surface area contributed by atoms with Gasteiger partial charge >= 0.3 is 0 Å². The molecule has 0 saturated heterocycles. The van der Waals surface area contributed by atoms with E-state index in [0.717, 1.165) is 53.9 Å². The van der Waals surface area contributed by atoms with Gasteiger partial charge in [-0.25, -0.2) is 9.97 Å². The zero-order valence-corrected chi connectivity index (χ0v) is 14.4. The van der Waals surface area contributed by atoms with Crippen LogP contribution >= 0.6 is 11.6 Å². The smallest absolute Gasteiger partial charge is 0.163 e. The molecule has 3 aromatic rings. The highest BCUT2D eigenvalue weighted by atomic mass is 35.5. The molecule has 3 rings (SSSR count). The summed E-state index contributed by atoms with van der Waals surface area (Å²) in [7, 11) is 0. The quantitative estimate of drug-likeness (QED) is 0.562. The van der Waals surface area contributed by atoms with E-state index in [2.05, 4.69) is 15.3 Å². The van der Waals surface area contributed by atoms with Gasteiger partial charge in [-0.3, -0.25) is 0 Å². The number of anilines is 1. The minimum absolute atomic E-state index is 0.244. The van der Waals surface area contributed by atoms with Gasteiger partial charge in [0.25, 0.3) is 0 Å². The minimum Gasteiger partial charge on any atom is -0.396 e. The van der Waals surface area contributed by atoms with Crippen molar-refractivity contribution in [3.63, 3.8) is 0 Å². The summed E-state index contributed by atoms with van der Waals surface area (Å²) in [6, 6.07) is 9.60. The molecule has 1 aromatic carbocycles. The highest BCUT2D eigenvalue weighted by molar-refractivity contribution is 6.30. The number of hydrogen-bond donors (Lipinski definition) is 3. The van der Waals surface area contributed by atoms with Crippen molar-refractivity contribution in [3.05, 3.63) is 41.0 Å². The van der Waals surface area contributed by atoms with Crippen LogP contribution < -0.4 is 5.32 Å². The van der Waals surface area contributed by atoms with Crippen LogP contribution in [0.3, 0.4) is 0 Å². The highest BCUT2D eigenvalue weighted by Gasteiger charge is 2.11. The molecular weight excluding hydrogens is 324 g/mol. The predicted octanol–water partition coefficient (Wildman–Crippen LogP) is 4.16. The second kappa shape index (κ2) is 7.64. The van der Waals surface area contributed by atoms with E-state index in [-0.39, 0.29) is 6.61 Å². The maximum Gasteiger partial charge on any atom is 0.163 e. The van der Waals surface area contributed by atoms with Crippen LogP contribution in [0.15, 0.2) is 30.3 Å². The standard InChI is InChI=1S/C18H21ClN4O/c1-12-10-15-17(20-8-3-2-4-9-24)22-16(23-18(15)21-12)13-6-5-7-14(19)11-13/h5-7,10-11,24H,2-4,8-9H2,1H3,(H2,20,21,22,23). The van der Waals surface area contributed by atoms with E-state index >= 15 is 0 Å². The zero-order valence-electron chi connectivity index (χ0n) is 13.6. The van der Waals surface area contributed by atoms with E-state index in [4.69, 9.17) is 21.7 Å². The Hall–Kier alpha value is -2.11. The molecule has 2 heterocycles. The molecule has 126 valence electrons. The van der Waals surface area contributed by atoms with Crippen LogP contribution in [0.5, 0.6) is 0 Å². The average Bonchev–Trinajstić information content (AvgIpc) is 2.95. The summed E-state index contributed by atoms with van der Waals surface area (Å²) < 4.78 is 0. The molecule has 0 bridgehead atoms. The number of aromatic nitrogens is 3. The fourth-order valence-electron chi connectivity index (χ4n) is 2.65. The van der Waals surface area contributed by atoms with Crippen LogP contribution in [-0.2, 0) is 0 Å². The zero-order chi connectivity index (χ0) is 16.9. The molecule has 0 fully saturated rings. The number of benzene rings is 1. The van der Waals surface area contributed by atoms with Gasteiger partial charge in [0.05, 0.1) is 5.39 Å². The number of halogens is 1. The lowest BCUT2D eigenvalue weighted by Crippen LogP contribution is -2.05. The van der Waals surface area contributed by atoms with Gasteiger partial charge in [-0.05, 0) is 44.4 Å². The van der Waals surface area contributed by atoms with Crippen molar-refractivity contribution < 1.29 is 5.11 Å². The number of hydrogen-bond acceptors (Lipinski definition) is 4. The van der Waals surface area contributed by atoms with Crippen molar-refractivity contribution in [3.8, 4) is 11.4 Å². The van der Waals surface area contributed by atoms with Crippen molar-refractivity contribution in [1.82, 2.24) is 15.0 Å². The number of aliphatic hydroxyl groups excluding tert-OH is 1. The Bertz CT molecular complexity index is 831. The first-order valence-electron chi connectivity index (χ1n) is 8.15. The van der Waals surface area contributed by atoms with Gasteiger partial charge in [0.15, 0.2) is 5.82 Å². The predicted molar refractivity (Wildman–Crippen MR) is 98.5 cm³/mol. The Morgan fingerprint density at radius 3 is 2.83 bits per heavy atom. The van der Waals surface area contributed by atoms with E-state index in [1.807, 2.05) is 37.3 Å². The maximum atomic E-state index is 8.86. The third-order valence-electron chi connectivity index (χ3n) is 3.83. The molecule has 6 heteroatoms. The molecule has 24 heavy (non-hydrogen) atoms. The number of fused-ring (bicyclic) bond motifs is 1. The van der Waals surface area contributed by atoms with Crippen LogP contribution in [0.2, 0.25) is 5.02 Å². The number of aliphatic hydroxyl groups is 1. The Morgan fingerprint density at radius 1 is 1.17 bits per heavy atom. The number of aryl methyl sites for hydroxylation is 1. The molecule has 0 spiro atoms. The van der Waals surface area contributed by atoms with Gasteiger partial charge in [-0.1, -0.05) is 23.7 Å². The monoisotopic (exact) mass is 344 g/mol. The second-order valence-corrected chi connectivity index (χ2v) is 6.27. The summed E-state index contributed by atoms with van der Waals surface area (Å²) in [5, 5.41) is 13.9. The molecular formula is C18H21ClN4O. The molecule has 0 aliphatic carbocycles. The van der Waals surface area contributed by atoms with Crippen molar-refractivity contribution in [2.45, 2.75) is 26.2 Å². The number of aromatic amines is 1. The summed E-state index contributed by atoms with van der Waals surface area (Å²) in [5.41, 5.74) is 2.75.